The van der Waals surface area contributed by atoms with E-state index in [1.807, 2.05) is 0 Å². The molecule has 6 atom stereocenters. The van der Waals surface area contributed by atoms with Crippen LogP contribution in [-0.4, -0.2) is 42.5 Å². The van der Waals surface area contributed by atoms with Crippen molar-refractivity contribution in [2.75, 3.05) is 30.3 Å². The highest BCUT2D eigenvalue weighted by molar-refractivity contribution is 5.76. The Hall–Kier alpha value is -2.53. The third-order valence-corrected chi connectivity index (χ3v) is 11.3. The first kappa shape index (κ1) is 27.3. The van der Waals surface area contributed by atoms with Gasteiger partial charge in [-0.2, -0.15) is 0 Å². The van der Waals surface area contributed by atoms with Gasteiger partial charge in [0, 0.05) is 43.0 Å². The van der Waals surface area contributed by atoms with Crippen molar-refractivity contribution in [1.82, 2.24) is 10.2 Å². The van der Waals surface area contributed by atoms with E-state index in [0.29, 0.717) is 25.0 Å². The van der Waals surface area contributed by atoms with E-state index in [1.165, 1.54) is 98.7 Å². The molecule has 1 heterocycles. The smallest absolute Gasteiger partial charge is 0.221 e. The van der Waals surface area contributed by atoms with Crippen molar-refractivity contribution in [2.24, 2.45) is 23.7 Å². The summed E-state index contributed by atoms with van der Waals surface area (Å²) in [6.45, 7) is 3.78. The summed E-state index contributed by atoms with van der Waals surface area (Å²) in [7, 11) is 0. The normalized spacial score (nSPS) is 30.5. The molecule has 5 aliphatic rings. The molecule has 0 radical (unpaired) electrons. The van der Waals surface area contributed by atoms with Crippen LogP contribution in [0.3, 0.4) is 0 Å². The van der Waals surface area contributed by atoms with Gasteiger partial charge in [0.15, 0.2) is 0 Å². The van der Waals surface area contributed by atoms with Crippen molar-refractivity contribution in [3.8, 4) is 0 Å². The Labute approximate surface area is 247 Å². The third-order valence-electron chi connectivity index (χ3n) is 11.3. The van der Waals surface area contributed by atoms with Gasteiger partial charge in [0.25, 0.3) is 0 Å². The Bertz CT molecular complexity index is 1210. The Morgan fingerprint density at radius 3 is 2.22 bits per heavy atom. The molecular formula is C36H50N4O. The predicted molar refractivity (Wildman–Crippen MR) is 168 cm³/mol. The van der Waals surface area contributed by atoms with Crippen LogP contribution >= 0.6 is 0 Å². The zero-order valence-corrected chi connectivity index (χ0v) is 24.9. The van der Waals surface area contributed by atoms with Crippen molar-refractivity contribution >= 4 is 17.3 Å². The standard InChI is InChI=1S/C36H50N4O/c41-36(13-16-40-14-2-1-3-15-40)37-24-28-6-4-5-25(17-28)20-31-23-32(38-34-21-26-7-9-29(34)18-26)11-12-33(31)39-35-22-27-8-10-30(35)19-27/h4-6,11-12,17,23,26-27,29-30,34-35,38-39H,1-3,7-10,13-16,18-22,24H2,(H,37,41). The minimum atomic E-state index is 0.165. The molecule has 0 aromatic heterocycles. The first-order chi connectivity index (χ1) is 20.1. The number of anilines is 2. The van der Waals surface area contributed by atoms with E-state index in [1.54, 1.807) is 0 Å². The lowest BCUT2D eigenvalue weighted by Crippen LogP contribution is -2.34. The molecule has 2 aromatic rings. The van der Waals surface area contributed by atoms with Crippen molar-refractivity contribution in [3.05, 3.63) is 59.2 Å². The number of hydrogen-bond acceptors (Lipinski definition) is 4. The monoisotopic (exact) mass is 554 g/mol. The van der Waals surface area contributed by atoms with Crippen LogP contribution < -0.4 is 16.0 Å². The number of likely N-dealkylation sites (tertiary alicyclic amines) is 1. The third kappa shape index (κ3) is 6.61. The minimum absolute atomic E-state index is 0.165. The predicted octanol–water partition coefficient (Wildman–Crippen LogP) is 6.97. The molecule has 0 spiro atoms. The molecule has 4 bridgehead atoms. The lowest BCUT2D eigenvalue weighted by molar-refractivity contribution is -0.121. The van der Waals surface area contributed by atoms with Gasteiger partial charge in [-0.05, 0) is 129 Å². The van der Waals surface area contributed by atoms with Crippen LogP contribution in [0.25, 0.3) is 0 Å². The number of hydrogen-bond donors (Lipinski definition) is 3. The van der Waals surface area contributed by atoms with Crippen molar-refractivity contribution in [1.29, 1.82) is 0 Å². The number of carbonyl (C=O) groups is 1. The van der Waals surface area contributed by atoms with Crippen LogP contribution in [0.2, 0.25) is 0 Å². The molecular weight excluding hydrogens is 504 g/mol. The summed E-state index contributed by atoms with van der Waals surface area (Å²) in [6, 6.07) is 17.2. The largest absolute Gasteiger partial charge is 0.382 e. The van der Waals surface area contributed by atoms with Crippen molar-refractivity contribution < 1.29 is 4.79 Å². The Kier molecular flexibility index (Phi) is 8.24. The number of carbonyl (C=O) groups excluding carboxylic acids is 1. The second-order valence-electron chi connectivity index (χ2n) is 14.1. The van der Waals surface area contributed by atoms with Gasteiger partial charge in [-0.15, -0.1) is 0 Å². The molecule has 41 heavy (non-hydrogen) atoms. The van der Waals surface area contributed by atoms with Gasteiger partial charge in [-0.25, -0.2) is 0 Å². The molecule has 4 aliphatic carbocycles. The second-order valence-corrected chi connectivity index (χ2v) is 14.1. The summed E-state index contributed by atoms with van der Waals surface area (Å²) in [4.78, 5) is 15.0. The number of piperidine rings is 1. The van der Waals surface area contributed by atoms with Crippen molar-refractivity contribution in [3.63, 3.8) is 0 Å². The lowest BCUT2D eigenvalue weighted by Gasteiger charge is -2.27. The SMILES string of the molecule is O=C(CCN1CCCCC1)NCc1cccc(Cc2cc(NC3CC4CCC3C4)ccc2NC2CC3CCC2C3)c1. The van der Waals surface area contributed by atoms with Gasteiger partial charge in [0.1, 0.15) is 0 Å². The maximum Gasteiger partial charge on any atom is 0.221 e. The van der Waals surface area contributed by atoms with Gasteiger partial charge in [0.2, 0.25) is 5.91 Å². The van der Waals surface area contributed by atoms with E-state index in [0.717, 1.165) is 49.7 Å². The zero-order chi connectivity index (χ0) is 27.6. The van der Waals surface area contributed by atoms with E-state index in [4.69, 9.17) is 0 Å². The number of amides is 1. The second kappa shape index (κ2) is 12.4. The van der Waals surface area contributed by atoms with Crippen LogP contribution in [-0.2, 0) is 17.8 Å². The van der Waals surface area contributed by atoms with Crippen LogP contribution in [0.15, 0.2) is 42.5 Å². The van der Waals surface area contributed by atoms with Gasteiger partial charge in [-0.3, -0.25) is 4.79 Å². The summed E-state index contributed by atoms with van der Waals surface area (Å²) in [5, 5.41) is 11.1. The summed E-state index contributed by atoms with van der Waals surface area (Å²) < 4.78 is 0. The molecule has 1 saturated heterocycles. The molecule has 5 heteroatoms. The highest BCUT2D eigenvalue weighted by Gasteiger charge is 2.40. The number of nitrogens with one attached hydrogen (secondary N) is 3. The van der Waals surface area contributed by atoms with E-state index in [2.05, 4.69) is 63.3 Å². The molecule has 7 rings (SSSR count). The Balaban J connectivity index is 1.01. The highest BCUT2D eigenvalue weighted by atomic mass is 16.1. The summed E-state index contributed by atoms with van der Waals surface area (Å²) in [5.74, 6) is 3.76. The number of fused-ring (bicyclic) bond motifs is 4. The van der Waals surface area contributed by atoms with Crippen LogP contribution in [0.5, 0.6) is 0 Å². The van der Waals surface area contributed by atoms with Crippen LogP contribution in [0.4, 0.5) is 11.4 Å². The van der Waals surface area contributed by atoms with E-state index in [9.17, 15) is 4.79 Å². The molecule has 220 valence electrons. The van der Waals surface area contributed by atoms with Crippen molar-refractivity contribution in [2.45, 2.75) is 102 Å². The van der Waals surface area contributed by atoms with Gasteiger partial charge in [0.05, 0.1) is 0 Å². The molecule has 5 fully saturated rings. The zero-order valence-electron chi connectivity index (χ0n) is 24.9. The Morgan fingerprint density at radius 2 is 1.51 bits per heavy atom. The maximum absolute atomic E-state index is 12.6. The van der Waals surface area contributed by atoms with Gasteiger partial charge in [-0.1, -0.05) is 43.5 Å². The molecule has 5 nitrogen and oxygen atoms in total. The first-order valence-electron chi connectivity index (χ1n) is 16.9. The fraction of sp³-hybridized carbons (Fsp3) is 0.639. The topological polar surface area (TPSA) is 56.4 Å². The summed E-state index contributed by atoms with van der Waals surface area (Å²) >= 11 is 0. The highest BCUT2D eigenvalue weighted by Crippen LogP contribution is 2.47. The lowest BCUT2D eigenvalue weighted by atomic mass is 9.93. The molecule has 6 unspecified atom stereocenters. The van der Waals surface area contributed by atoms with Gasteiger partial charge < -0.3 is 20.9 Å². The first-order valence-corrected chi connectivity index (χ1v) is 16.9. The number of benzene rings is 2. The fourth-order valence-corrected chi connectivity index (χ4v) is 9.03. The molecule has 3 N–H and O–H groups in total. The average molecular weight is 555 g/mol. The summed E-state index contributed by atoms with van der Waals surface area (Å²) in [5.41, 5.74) is 6.50. The number of rotatable bonds is 11. The van der Waals surface area contributed by atoms with Crippen LogP contribution in [0, 0.1) is 23.7 Å². The Morgan fingerprint density at radius 1 is 0.780 bits per heavy atom. The fourth-order valence-electron chi connectivity index (χ4n) is 9.03. The average Bonchev–Trinajstić information content (AvgIpc) is 3.81. The summed E-state index contributed by atoms with van der Waals surface area (Å²) in [6.07, 6.45) is 16.6. The van der Waals surface area contributed by atoms with E-state index in [-0.39, 0.29) is 5.91 Å². The van der Waals surface area contributed by atoms with Crippen LogP contribution in [0.1, 0.15) is 93.7 Å². The quantitative estimate of drug-likeness (QED) is 0.281. The molecule has 2 aromatic carbocycles. The minimum Gasteiger partial charge on any atom is -0.382 e. The van der Waals surface area contributed by atoms with E-state index < -0.39 is 0 Å². The van der Waals surface area contributed by atoms with E-state index >= 15 is 0 Å². The molecule has 1 amide bonds. The van der Waals surface area contributed by atoms with Gasteiger partial charge >= 0.3 is 0 Å². The maximum atomic E-state index is 12.6. The molecule has 4 saturated carbocycles. The number of nitrogens with zero attached hydrogens (tertiary/aromatic N) is 1. The molecule has 1 aliphatic heterocycles.